The van der Waals surface area contributed by atoms with Gasteiger partial charge in [-0.15, -0.1) is 0 Å². The summed E-state index contributed by atoms with van der Waals surface area (Å²) in [6.45, 7) is 5.04. The number of benzene rings is 1. The number of amides is 1. The molecule has 0 unspecified atom stereocenters. The van der Waals surface area contributed by atoms with Gasteiger partial charge in [0.1, 0.15) is 11.7 Å². The van der Waals surface area contributed by atoms with E-state index in [-0.39, 0.29) is 12.0 Å². The molecule has 1 saturated heterocycles. The van der Waals surface area contributed by atoms with Gasteiger partial charge in [-0.25, -0.2) is 0 Å². The first-order valence-corrected chi connectivity index (χ1v) is 7.52. The average molecular weight is 332 g/mol. The summed E-state index contributed by atoms with van der Waals surface area (Å²) in [4.78, 5) is 14.2. The van der Waals surface area contributed by atoms with Crippen LogP contribution in [-0.4, -0.2) is 43.2 Å². The highest BCUT2D eigenvalue weighted by atomic mass is 35.5. The lowest BCUT2D eigenvalue weighted by Gasteiger charge is -2.37. The molecule has 4 nitrogen and oxygen atoms in total. The summed E-state index contributed by atoms with van der Waals surface area (Å²) in [5.74, 6) is -0.0432. The third-order valence-corrected chi connectivity index (χ3v) is 4.43. The van der Waals surface area contributed by atoms with Crippen LogP contribution < -0.4 is 0 Å². The summed E-state index contributed by atoms with van der Waals surface area (Å²) < 4.78 is 11.0. The Labute approximate surface area is 134 Å². The SMILES string of the molecule is COC(C)(C)C(=O)N1CCO[C@H](c2ccc(Cl)c(Cl)c2)C1. The summed E-state index contributed by atoms with van der Waals surface area (Å²) >= 11 is 12.0. The predicted octanol–water partition coefficient (Wildman–Crippen LogP) is 3.32. The monoisotopic (exact) mass is 331 g/mol. The maximum absolute atomic E-state index is 12.4. The molecule has 21 heavy (non-hydrogen) atoms. The number of ether oxygens (including phenoxy) is 2. The minimum Gasteiger partial charge on any atom is -0.370 e. The number of methoxy groups -OCH3 is 1. The summed E-state index contributed by atoms with van der Waals surface area (Å²) in [5, 5.41) is 0.989. The Morgan fingerprint density at radius 1 is 1.38 bits per heavy atom. The Hall–Kier alpha value is -0.810. The Morgan fingerprint density at radius 3 is 2.71 bits per heavy atom. The molecule has 0 bridgehead atoms. The van der Waals surface area contributed by atoms with Crippen molar-refractivity contribution >= 4 is 29.1 Å². The van der Waals surface area contributed by atoms with Gasteiger partial charge in [0.15, 0.2) is 0 Å². The fourth-order valence-electron chi connectivity index (χ4n) is 2.22. The molecule has 116 valence electrons. The van der Waals surface area contributed by atoms with Crippen LogP contribution in [-0.2, 0) is 14.3 Å². The van der Waals surface area contributed by atoms with E-state index in [2.05, 4.69) is 0 Å². The summed E-state index contributed by atoms with van der Waals surface area (Å²) in [7, 11) is 1.54. The van der Waals surface area contributed by atoms with E-state index in [0.29, 0.717) is 29.7 Å². The second kappa shape index (κ2) is 6.53. The largest absolute Gasteiger partial charge is 0.370 e. The van der Waals surface area contributed by atoms with Crippen LogP contribution in [0.2, 0.25) is 10.0 Å². The predicted molar refractivity (Wildman–Crippen MR) is 82.8 cm³/mol. The second-order valence-corrected chi connectivity index (χ2v) is 6.31. The summed E-state index contributed by atoms with van der Waals surface area (Å²) in [6.07, 6.45) is -0.204. The fraction of sp³-hybridized carbons (Fsp3) is 0.533. The number of halogens is 2. The van der Waals surface area contributed by atoms with Crippen molar-refractivity contribution in [3.63, 3.8) is 0 Å². The standard InChI is InChI=1S/C15H19Cl2NO3/c1-15(2,20-3)14(19)18-6-7-21-13(9-18)10-4-5-11(16)12(17)8-10/h4-5,8,13H,6-7,9H2,1-3H3/t13-/m0/s1. The van der Waals surface area contributed by atoms with E-state index >= 15 is 0 Å². The number of rotatable bonds is 3. The molecule has 0 aromatic heterocycles. The highest BCUT2D eigenvalue weighted by Gasteiger charge is 2.35. The number of carbonyl (C=O) groups excluding carboxylic acids is 1. The smallest absolute Gasteiger partial charge is 0.254 e. The molecular formula is C15H19Cl2NO3. The van der Waals surface area contributed by atoms with Crippen LogP contribution in [0.4, 0.5) is 0 Å². The van der Waals surface area contributed by atoms with Gasteiger partial charge < -0.3 is 14.4 Å². The quantitative estimate of drug-likeness (QED) is 0.852. The van der Waals surface area contributed by atoms with Gasteiger partial charge in [0.25, 0.3) is 5.91 Å². The first-order valence-electron chi connectivity index (χ1n) is 6.76. The molecule has 0 saturated carbocycles. The van der Waals surface area contributed by atoms with E-state index in [1.165, 1.54) is 7.11 Å². The molecule has 0 aliphatic carbocycles. The molecule has 0 N–H and O–H groups in total. The van der Waals surface area contributed by atoms with Crippen LogP contribution in [0, 0.1) is 0 Å². The van der Waals surface area contributed by atoms with E-state index < -0.39 is 5.60 Å². The Bertz CT molecular complexity index is 534. The van der Waals surface area contributed by atoms with Gasteiger partial charge in [0.05, 0.1) is 23.2 Å². The van der Waals surface area contributed by atoms with Crippen LogP contribution in [0.3, 0.4) is 0 Å². The number of carbonyl (C=O) groups is 1. The maximum Gasteiger partial charge on any atom is 0.254 e. The lowest BCUT2D eigenvalue weighted by molar-refractivity contribution is -0.158. The van der Waals surface area contributed by atoms with Gasteiger partial charge >= 0.3 is 0 Å². The molecule has 0 radical (unpaired) electrons. The topological polar surface area (TPSA) is 38.8 Å². The van der Waals surface area contributed by atoms with Gasteiger partial charge in [0, 0.05) is 13.7 Å². The Morgan fingerprint density at radius 2 is 2.10 bits per heavy atom. The third-order valence-electron chi connectivity index (χ3n) is 3.69. The maximum atomic E-state index is 12.4. The van der Waals surface area contributed by atoms with Crippen LogP contribution in [0.5, 0.6) is 0 Å². The normalized spacial score (nSPS) is 19.7. The number of morpholine rings is 1. The van der Waals surface area contributed by atoms with Crippen molar-refractivity contribution in [2.24, 2.45) is 0 Å². The van der Waals surface area contributed by atoms with Gasteiger partial charge in [-0.05, 0) is 31.5 Å². The van der Waals surface area contributed by atoms with Crippen LogP contribution >= 0.6 is 23.2 Å². The number of hydrogen-bond donors (Lipinski definition) is 0. The molecule has 1 atom stereocenters. The van der Waals surface area contributed by atoms with E-state index in [1.807, 2.05) is 6.07 Å². The molecule has 1 amide bonds. The molecule has 1 aromatic rings. The summed E-state index contributed by atoms with van der Waals surface area (Å²) in [6, 6.07) is 5.39. The van der Waals surface area contributed by atoms with Gasteiger partial charge in [-0.3, -0.25) is 4.79 Å². The van der Waals surface area contributed by atoms with E-state index in [1.54, 1.807) is 30.9 Å². The third kappa shape index (κ3) is 3.69. The molecule has 2 rings (SSSR count). The van der Waals surface area contributed by atoms with Crippen molar-refractivity contribution in [3.05, 3.63) is 33.8 Å². The average Bonchev–Trinajstić information content (AvgIpc) is 2.49. The Balaban J connectivity index is 2.14. The van der Waals surface area contributed by atoms with Crippen LogP contribution in [0.25, 0.3) is 0 Å². The summed E-state index contributed by atoms with van der Waals surface area (Å²) in [5.41, 5.74) is 0.0802. The van der Waals surface area contributed by atoms with Crippen molar-refractivity contribution in [1.82, 2.24) is 4.90 Å². The first-order chi connectivity index (χ1) is 9.85. The van der Waals surface area contributed by atoms with Crippen molar-refractivity contribution in [3.8, 4) is 0 Å². The van der Waals surface area contributed by atoms with Crippen molar-refractivity contribution in [2.45, 2.75) is 25.6 Å². The zero-order chi connectivity index (χ0) is 15.6. The molecule has 1 aliphatic rings. The van der Waals surface area contributed by atoms with Gasteiger partial charge in [-0.1, -0.05) is 29.3 Å². The van der Waals surface area contributed by atoms with E-state index in [4.69, 9.17) is 32.7 Å². The number of nitrogens with zero attached hydrogens (tertiary/aromatic N) is 1. The fourth-order valence-corrected chi connectivity index (χ4v) is 2.52. The highest BCUT2D eigenvalue weighted by molar-refractivity contribution is 6.42. The van der Waals surface area contributed by atoms with Crippen molar-refractivity contribution in [2.75, 3.05) is 26.8 Å². The molecule has 1 fully saturated rings. The molecule has 0 spiro atoms. The first kappa shape index (κ1) is 16.6. The molecule has 1 aliphatic heterocycles. The van der Waals surface area contributed by atoms with E-state index in [9.17, 15) is 4.79 Å². The van der Waals surface area contributed by atoms with Crippen LogP contribution in [0.15, 0.2) is 18.2 Å². The zero-order valence-corrected chi connectivity index (χ0v) is 13.9. The molecule has 1 aromatic carbocycles. The Kier molecular flexibility index (Phi) is 5.15. The molecular weight excluding hydrogens is 313 g/mol. The van der Waals surface area contributed by atoms with Crippen molar-refractivity contribution < 1.29 is 14.3 Å². The van der Waals surface area contributed by atoms with Crippen molar-refractivity contribution in [1.29, 1.82) is 0 Å². The van der Waals surface area contributed by atoms with Gasteiger partial charge in [0.2, 0.25) is 0 Å². The lowest BCUT2D eigenvalue weighted by atomic mass is 10.0. The highest BCUT2D eigenvalue weighted by Crippen LogP contribution is 2.29. The molecule has 6 heteroatoms. The lowest BCUT2D eigenvalue weighted by Crippen LogP contribution is -2.51. The minimum atomic E-state index is -0.834. The zero-order valence-electron chi connectivity index (χ0n) is 12.4. The number of hydrogen-bond acceptors (Lipinski definition) is 3. The van der Waals surface area contributed by atoms with Gasteiger partial charge in [-0.2, -0.15) is 0 Å². The molecule has 1 heterocycles. The minimum absolute atomic E-state index is 0.0432. The van der Waals surface area contributed by atoms with Crippen LogP contribution in [0.1, 0.15) is 25.5 Å². The second-order valence-electron chi connectivity index (χ2n) is 5.50. The van der Waals surface area contributed by atoms with E-state index in [0.717, 1.165) is 5.56 Å².